The predicted octanol–water partition coefficient (Wildman–Crippen LogP) is 1.48. The normalized spacial score (nSPS) is 10.7. The van der Waals surface area contributed by atoms with Crippen molar-refractivity contribution in [3.05, 3.63) is 11.9 Å². The van der Waals surface area contributed by atoms with Crippen LogP contribution in [0.25, 0.3) is 0 Å². The summed E-state index contributed by atoms with van der Waals surface area (Å²) in [6.07, 6.45) is 3.04. The van der Waals surface area contributed by atoms with Gasteiger partial charge in [0.2, 0.25) is 5.83 Å². The van der Waals surface area contributed by atoms with Crippen molar-refractivity contribution < 1.29 is 14.3 Å². The van der Waals surface area contributed by atoms with Gasteiger partial charge in [-0.3, -0.25) is 0 Å². The number of halogens is 2. The van der Waals surface area contributed by atoms with Crippen LogP contribution in [0, 0.1) is 0 Å². The molecule has 0 fully saturated rings. The Kier molecular flexibility index (Phi) is 9.86. The third-order valence-corrected chi connectivity index (χ3v) is 1.19. The first-order chi connectivity index (χ1) is 5.18. The summed E-state index contributed by atoms with van der Waals surface area (Å²) < 4.78 is 12.2. The summed E-state index contributed by atoms with van der Waals surface area (Å²) in [5.74, 6) is -2.58. The molecule has 0 bridgehead atoms. The van der Waals surface area contributed by atoms with Crippen molar-refractivity contribution in [1.29, 1.82) is 0 Å². The SMILES string of the molecule is Cl.NCCCC/C=C(/F)C(=O)O. The van der Waals surface area contributed by atoms with E-state index < -0.39 is 11.8 Å². The summed E-state index contributed by atoms with van der Waals surface area (Å²) in [6, 6.07) is 0. The minimum atomic E-state index is -1.50. The van der Waals surface area contributed by atoms with E-state index in [0.717, 1.165) is 18.9 Å². The van der Waals surface area contributed by atoms with Crippen LogP contribution in [-0.2, 0) is 4.79 Å². The summed E-state index contributed by atoms with van der Waals surface area (Å²) in [4.78, 5) is 9.90. The maximum absolute atomic E-state index is 12.2. The van der Waals surface area contributed by atoms with Crippen LogP contribution in [0.4, 0.5) is 4.39 Å². The molecule has 0 saturated carbocycles. The molecule has 0 unspecified atom stereocenters. The third kappa shape index (κ3) is 7.50. The van der Waals surface area contributed by atoms with Crippen LogP contribution in [-0.4, -0.2) is 17.6 Å². The molecule has 0 spiro atoms. The molecule has 12 heavy (non-hydrogen) atoms. The molecule has 0 aliphatic rings. The molecule has 0 radical (unpaired) electrons. The van der Waals surface area contributed by atoms with Gasteiger partial charge in [-0.15, -0.1) is 12.4 Å². The second kappa shape index (κ2) is 8.49. The topological polar surface area (TPSA) is 63.3 Å². The van der Waals surface area contributed by atoms with Crippen LogP contribution in [0.3, 0.4) is 0 Å². The summed E-state index contributed by atoms with van der Waals surface area (Å²) in [5, 5.41) is 8.07. The van der Waals surface area contributed by atoms with Crippen LogP contribution >= 0.6 is 12.4 Å². The van der Waals surface area contributed by atoms with Gasteiger partial charge in [0.25, 0.3) is 0 Å². The molecule has 0 saturated heterocycles. The Labute approximate surface area is 76.9 Å². The minimum absolute atomic E-state index is 0. The average Bonchev–Trinajstić information content (AvgIpc) is 1.97. The molecule has 0 heterocycles. The molecule has 0 atom stereocenters. The van der Waals surface area contributed by atoms with Crippen molar-refractivity contribution in [3.8, 4) is 0 Å². The number of hydrogen-bond acceptors (Lipinski definition) is 2. The molecule has 0 aliphatic heterocycles. The lowest BCUT2D eigenvalue weighted by Crippen LogP contribution is -1.98. The van der Waals surface area contributed by atoms with Crippen LogP contribution in [0.1, 0.15) is 19.3 Å². The van der Waals surface area contributed by atoms with Gasteiger partial charge in [-0.2, -0.15) is 4.39 Å². The first-order valence-electron chi connectivity index (χ1n) is 3.47. The molecule has 0 aliphatic carbocycles. The summed E-state index contributed by atoms with van der Waals surface area (Å²) >= 11 is 0. The first-order valence-corrected chi connectivity index (χ1v) is 3.47. The monoisotopic (exact) mass is 197 g/mol. The van der Waals surface area contributed by atoms with Crippen molar-refractivity contribution in [2.24, 2.45) is 5.73 Å². The lowest BCUT2D eigenvalue weighted by Gasteiger charge is -1.91. The number of allylic oxidation sites excluding steroid dienone is 1. The highest BCUT2D eigenvalue weighted by Crippen LogP contribution is 2.02. The second-order valence-electron chi connectivity index (χ2n) is 2.14. The van der Waals surface area contributed by atoms with E-state index >= 15 is 0 Å². The summed E-state index contributed by atoms with van der Waals surface area (Å²) in [7, 11) is 0. The van der Waals surface area contributed by atoms with Gasteiger partial charge in [-0.05, 0) is 31.9 Å². The Morgan fingerprint density at radius 1 is 1.50 bits per heavy atom. The highest BCUT2D eigenvalue weighted by molar-refractivity contribution is 5.85. The lowest BCUT2D eigenvalue weighted by molar-refractivity contribution is -0.134. The van der Waals surface area contributed by atoms with Crippen molar-refractivity contribution in [1.82, 2.24) is 0 Å². The van der Waals surface area contributed by atoms with Gasteiger partial charge in [-0.1, -0.05) is 0 Å². The van der Waals surface area contributed by atoms with Crippen LogP contribution < -0.4 is 5.73 Å². The predicted molar refractivity (Wildman–Crippen MR) is 47.0 cm³/mol. The number of hydrogen-bond donors (Lipinski definition) is 2. The Morgan fingerprint density at radius 2 is 2.08 bits per heavy atom. The Hall–Kier alpha value is -0.610. The molecule has 0 aromatic carbocycles. The number of carboxylic acid groups (broad SMARTS) is 1. The van der Waals surface area contributed by atoms with Crippen LogP contribution in [0.5, 0.6) is 0 Å². The number of carbonyl (C=O) groups is 1. The van der Waals surface area contributed by atoms with E-state index in [4.69, 9.17) is 10.8 Å². The zero-order chi connectivity index (χ0) is 8.69. The van der Waals surface area contributed by atoms with E-state index in [9.17, 15) is 9.18 Å². The quantitative estimate of drug-likeness (QED) is 0.518. The maximum Gasteiger partial charge on any atom is 0.364 e. The summed E-state index contributed by atoms with van der Waals surface area (Å²) in [6.45, 7) is 0.558. The lowest BCUT2D eigenvalue weighted by atomic mass is 10.2. The smallest absolute Gasteiger partial charge is 0.364 e. The maximum atomic E-state index is 12.2. The first kappa shape index (κ1) is 13.9. The molecular formula is C7H13ClFNO2. The van der Waals surface area contributed by atoms with E-state index in [2.05, 4.69) is 0 Å². The number of carboxylic acids is 1. The van der Waals surface area contributed by atoms with E-state index in [1.807, 2.05) is 0 Å². The highest BCUT2D eigenvalue weighted by Gasteiger charge is 2.02. The summed E-state index contributed by atoms with van der Waals surface area (Å²) in [5.41, 5.74) is 5.17. The molecule has 3 N–H and O–H groups in total. The molecule has 3 nitrogen and oxygen atoms in total. The van der Waals surface area contributed by atoms with Crippen molar-refractivity contribution in [2.45, 2.75) is 19.3 Å². The van der Waals surface area contributed by atoms with E-state index in [0.29, 0.717) is 13.0 Å². The average molecular weight is 198 g/mol. The zero-order valence-corrected chi connectivity index (χ0v) is 7.44. The number of aliphatic carboxylic acids is 1. The molecule has 72 valence electrons. The number of unbranched alkanes of at least 4 members (excludes halogenated alkanes) is 2. The van der Waals surface area contributed by atoms with Crippen molar-refractivity contribution in [2.75, 3.05) is 6.54 Å². The van der Waals surface area contributed by atoms with Crippen molar-refractivity contribution >= 4 is 18.4 Å². The van der Waals surface area contributed by atoms with Crippen LogP contribution in [0.2, 0.25) is 0 Å². The number of nitrogens with two attached hydrogens (primary N) is 1. The molecule has 5 heteroatoms. The van der Waals surface area contributed by atoms with Gasteiger partial charge in [0.15, 0.2) is 0 Å². The van der Waals surface area contributed by atoms with Crippen molar-refractivity contribution in [3.63, 3.8) is 0 Å². The van der Waals surface area contributed by atoms with E-state index in [1.165, 1.54) is 0 Å². The van der Waals surface area contributed by atoms with Gasteiger partial charge in [0, 0.05) is 0 Å². The molecule has 0 rings (SSSR count). The third-order valence-electron chi connectivity index (χ3n) is 1.19. The Balaban J connectivity index is 0. The highest BCUT2D eigenvalue weighted by atomic mass is 35.5. The van der Waals surface area contributed by atoms with Crippen LogP contribution in [0.15, 0.2) is 11.9 Å². The minimum Gasteiger partial charge on any atom is -0.476 e. The molecular weight excluding hydrogens is 185 g/mol. The van der Waals surface area contributed by atoms with E-state index in [-0.39, 0.29) is 12.4 Å². The fraction of sp³-hybridized carbons (Fsp3) is 0.571. The van der Waals surface area contributed by atoms with Gasteiger partial charge in [-0.25, -0.2) is 4.79 Å². The fourth-order valence-corrected chi connectivity index (χ4v) is 0.605. The van der Waals surface area contributed by atoms with Gasteiger partial charge >= 0.3 is 5.97 Å². The Morgan fingerprint density at radius 3 is 2.50 bits per heavy atom. The van der Waals surface area contributed by atoms with Gasteiger partial charge in [0.05, 0.1) is 0 Å². The van der Waals surface area contributed by atoms with Gasteiger partial charge < -0.3 is 10.8 Å². The van der Waals surface area contributed by atoms with Gasteiger partial charge in [0.1, 0.15) is 0 Å². The van der Waals surface area contributed by atoms with E-state index in [1.54, 1.807) is 0 Å². The molecule has 0 aromatic heterocycles. The molecule has 0 amide bonds. The second-order valence-corrected chi connectivity index (χ2v) is 2.14. The number of rotatable bonds is 5. The Bertz CT molecular complexity index is 161. The largest absolute Gasteiger partial charge is 0.476 e. The standard InChI is InChI=1S/C7H12FNO2.ClH/c8-6(7(10)11)4-2-1-3-5-9;/h4H,1-3,5,9H2,(H,10,11);1H/b6-4+;. The fourth-order valence-electron chi connectivity index (χ4n) is 0.605. The molecule has 0 aromatic rings. The zero-order valence-electron chi connectivity index (χ0n) is 6.62.